The van der Waals surface area contributed by atoms with E-state index in [1.807, 2.05) is 0 Å². The summed E-state index contributed by atoms with van der Waals surface area (Å²) in [5.74, 6) is -0.411. The molecule has 1 aliphatic heterocycles. The highest BCUT2D eigenvalue weighted by atomic mass is 16.6. The smallest absolute Gasteiger partial charge is 0.338 e. The van der Waals surface area contributed by atoms with Crippen LogP contribution in [0.5, 0.6) is 0 Å². The fourth-order valence-corrected chi connectivity index (χ4v) is 1.81. The Morgan fingerprint density at radius 2 is 2.11 bits per heavy atom. The number of esters is 1. The van der Waals surface area contributed by atoms with Gasteiger partial charge in [-0.25, -0.2) is 4.79 Å². The lowest BCUT2D eigenvalue weighted by Crippen LogP contribution is -2.19. The Balaban J connectivity index is 1.89. The molecule has 1 saturated heterocycles. The molecule has 0 spiro atoms. The zero-order valence-electron chi connectivity index (χ0n) is 10.8. The van der Waals surface area contributed by atoms with E-state index >= 15 is 0 Å². The molecule has 5 nitrogen and oxygen atoms in total. The van der Waals surface area contributed by atoms with Gasteiger partial charge in [-0.1, -0.05) is 12.1 Å². The fourth-order valence-electron chi connectivity index (χ4n) is 1.81. The molecule has 0 radical (unpaired) electrons. The molecule has 1 aromatic rings. The van der Waals surface area contributed by atoms with Crippen molar-refractivity contribution in [2.75, 3.05) is 13.2 Å². The Morgan fingerprint density at radius 3 is 2.68 bits per heavy atom. The summed E-state index contributed by atoms with van der Waals surface area (Å²) in [4.78, 5) is 22.6. The molecule has 1 aliphatic rings. The quantitative estimate of drug-likeness (QED) is 0.831. The molecule has 2 rings (SSSR count). The molecule has 102 valence electrons. The van der Waals surface area contributed by atoms with E-state index in [0.29, 0.717) is 25.3 Å². The van der Waals surface area contributed by atoms with E-state index in [-0.39, 0.29) is 18.0 Å². The summed E-state index contributed by atoms with van der Waals surface area (Å²) in [5, 5.41) is 2.70. The molecule has 1 atom stereocenters. The number of nitrogens with one attached hydrogen (secondary N) is 1. The maximum atomic E-state index is 11.8. The van der Waals surface area contributed by atoms with Crippen molar-refractivity contribution in [3.8, 4) is 0 Å². The largest absolute Gasteiger partial charge is 0.456 e. The molecule has 5 heteroatoms. The lowest BCUT2D eigenvalue weighted by molar-refractivity contribution is -0.119. The van der Waals surface area contributed by atoms with Gasteiger partial charge in [0.2, 0.25) is 5.91 Å². The van der Waals surface area contributed by atoms with E-state index in [0.717, 1.165) is 12.0 Å². The van der Waals surface area contributed by atoms with Crippen molar-refractivity contribution in [3.63, 3.8) is 0 Å². The number of carbonyl (C=O) groups is 2. The highest BCUT2D eigenvalue weighted by molar-refractivity contribution is 5.89. The second-order valence-corrected chi connectivity index (χ2v) is 4.50. The average Bonchev–Trinajstić information content (AvgIpc) is 2.89. The van der Waals surface area contributed by atoms with Crippen molar-refractivity contribution in [2.45, 2.75) is 26.0 Å². The first-order valence-corrected chi connectivity index (χ1v) is 6.27. The maximum absolute atomic E-state index is 11.8. The summed E-state index contributed by atoms with van der Waals surface area (Å²) in [7, 11) is 0. The molecule has 0 aliphatic carbocycles. The third kappa shape index (κ3) is 4.06. The first-order chi connectivity index (χ1) is 9.15. The van der Waals surface area contributed by atoms with E-state index in [1.54, 1.807) is 24.3 Å². The monoisotopic (exact) mass is 263 g/mol. The molecule has 0 bridgehead atoms. The zero-order valence-corrected chi connectivity index (χ0v) is 10.8. The van der Waals surface area contributed by atoms with Crippen LogP contribution in [0.15, 0.2) is 24.3 Å². The van der Waals surface area contributed by atoms with Crippen LogP contribution >= 0.6 is 0 Å². The zero-order chi connectivity index (χ0) is 13.7. The van der Waals surface area contributed by atoms with Gasteiger partial charge in [-0.2, -0.15) is 0 Å². The first kappa shape index (κ1) is 13.5. The standard InChI is InChI=1S/C14H17NO4/c1-10(16)15-8-11-2-4-12(5-3-11)14(17)19-13-6-7-18-9-13/h2-5,13H,6-9H2,1H3,(H,15,16)/t13-/m0/s1. The molecule has 1 aromatic carbocycles. The van der Waals surface area contributed by atoms with Crippen LogP contribution in [0.3, 0.4) is 0 Å². The van der Waals surface area contributed by atoms with Crippen LogP contribution in [0.25, 0.3) is 0 Å². The highest BCUT2D eigenvalue weighted by Crippen LogP contribution is 2.12. The molecular formula is C14H17NO4. The SMILES string of the molecule is CC(=O)NCc1ccc(C(=O)O[C@H]2CCOC2)cc1. The van der Waals surface area contributed by atoms with Crippen molar-refractivity contribution < 1.29 is 19.1 Å². The number of hydrogen-bond acceptors (Lipinski definition) is 4. The van der Waals surface area contributed by atoms with Crippen LogP contribution in [-0.4, -0.2) is 31.2 Å². The van der Waals surface area contributed by atoms with Gasteiger partial charge in [0.15, 0.2) is 0 Å². The van der Waals surface area contributed by atoms with E-state index in [2.05, 4.69) is 5.32 Å². The van der Waals surface area contributed by atoms with Crippen molar-refractivity contribution in [3.05, 3.63) is 35.4 Å². The van der Waals surface area contributed by atoms with Gasteiger partial charge in [-0.15, -0.1) is 0 Å². The normalized spacial score (nSPS) is 18.1. The molecule has 0 unspecified atom stereocenters. The Hall–Kier alpha value is -1.88. The van der Waals surface area contributed by atoms with Crippen LogP contribution in [0, 0.1) is 0 Å². The van der Waals surface area contributed by atoms with Crippen LogP contribution in [-0.2, 0) is 20.8 Å². The minimum absolute atomic E-state index is 0.0790. The predicted molar refractivity (Wildman–Crippen MR) is 68.6 cm³/mol. The topological polar surface area (TPSA) is 64.6 Å². The van der Waals surface area contributed by atoms with Gasteiger partial charge in [-0.3, -0.25) is 4.79 Å². The second-order valence-electron chi connectivity index (χ2n) is 4.50. The van der Waals surface area contributed by atoms with Gasteiger partial charge in [-0.05, 0) is 17.7 Å². The van der Waals surface area contributed by atoms with Gasteiger partial charge >= 0.3 is 5.97 Å². The number of benzene rings is 1. The average molecular weight is 263 g/mol. The summed E-state index contributed by atoms with van der Waals surface area (Å²) in [5.41, 5.74) is 1.45. The summed E-state index contributed by atoms with van der Waals surface area (Å²) in [6.45, 7) is 3.05. The number of amides is 1. The van der Waals surface area contributed by atoms with Gasteiger partial charge in [0.05, 0.1) is 18.8 Å². The number of ether oxygens (including phenoxy) is 2. The third-order valence-corrected chi connectivity index (χ3v) is 2.89. The number of rotatable bonds is 4. The molecule has 19 heavy (non-hydrogen) atoms. The molecular weight excluding hydrogens is 246 g/mol. The lowest BCUT2D eigenvalue weighted by Gasteiger charge is -2.10. The molecule has 1 N–H and O–H groups in total. The number of hydrogen-bond donors (Lipinski definition) is 1. The summed E-state index contributed by atoms with van der Waals surface area (Å²) < 4.78 is 10.5. The number of carbonyl (C=O) groups excluding carboxylic acids is 2. The minimum Gasteiger partial charge on any atom is -0.456 e. The molecule has 1 heterocycles. The van der Waals surface area contributed by atoms with Crippen molar-refractivity contribution in [2.24, 2.45) is 0 Å². The van der Waals surface area contributed by atoms with Crippen LogP contribution in [0.1, 0.15) is 29.3 Å². The predicted octanol–water partition coefficient (Wildman–Crippen LogP) is 1.27. The minimum atomic E-state index is -0.332. The molecule has 1 amide bonds. The molecule has 1 fully saturated rings. The first-order valence-electron chi connectivity index (χ1n) is 6.27. The van der Waals surface area contributed by atoms with Gasteiger partial charge in [0.1, 0.15) is 6.10 Å². The Morgan fingerprint density at radius 1 is 1.37 bits per heavy atom. The third-order valence-electron chi connectivity index (χ3n) is 2.89. The Labute approximate surface area is 111 Å². The van der Waals surface area contributed by atoms with Crippen LogP contribution in [0.4, 0.5) is 0 Å². The highest BCUT2D eigenvalue weighted by Gasteiger charge is 2.20. The second kappa shape index (κ2) is 6.33. The van der Waals surface area contributed by atoms with Crippen LogP contribution < -0.4 is 5.32 Å². The molecule has 0 aromatic heterocycles. The van der Waals surface area contributed by atoms with Crippen LogP contribution in [0.2, 0.25) is 0 Å². The van der Waals surface area contributed by atoms with E-state index in [9.17, 15) is 9.59 Å². The van der Waals surface area contributed by atoms with Crippen molar-refractivity contribution >= 4 is 11.9 Å². The molecule has 0 saturated carbocycles. The fraction of sp³-hybridized carbons (Fsp3) is 0.429. The maximum Gasteiger partial charge on any atom is 0.338 e. The Bertz CT molecular complexity index is 449. The van der Waals surface area contributed by atoms with E-state index in [1.165, 1.54) is 6.92 Å². The van der Waals surface area contributed by atoms with Crippen molar-refractivity contribution in [1.82, 2.24) is 5.32 Å². The summed E-state index contributed by atoms with van der Waals surface area (Å²) in [6.07, 6.45) is 0.623. The van der Waals surface area contributed by atoms with Gasteiger partial charge in [0, 0.05) is 19.9 Å². The lowest BCUT2D eigenvalue weighted by atomic mass is 10.1. The summed E-state index contributed by atoms with van der Waals surface area (Å²) in [6, 6.07) is 7.01. The van der Waals surface area contributed by atoms with Gasteiger partial charge in [0.25, 0.3) is 0 Å². The van der Waals surface area contributed by atoms with Crippen molar-refractivity contribution in [1.29, 1.82) is 0 Å². The Kier molecular flexibility index (Phi) is 4.52. The summed E-state index contributed by atoms with van der Waals surface area (Å²) >= 11 is 0. The van der Waals surface area contributed by atoms with Gasteiger partial charge < -0.3 is 14.8 Å². The van der Waals surface area contributed by atoms with E-state index in [4.69, 9.17) is 9.47 Å². The van der Waals surface area contributed by atoms with E-state index < -0.39 is 0 Å².